The van der Waals surface area contributed by atoms with Crippen molar-refractivity contribution in [2.75, 3.05) is 14.2 Å². The fourth-order valence-corrected chi connectivity index (χ4v) is 2.89. The maximum Gasteiger partial charge on any atom is 0.321 e. The van der Waals surface area contributed by atoms with Crippen LogP contribution >= 0.6 is 0 Å². The lowest BCUT2D eigenvalue weighted by Gasteiger charge is -2.23. The largest absolute Gasteiger partial charge is 0.480 e. The molecule has 1 saturated carbocycles. The Labute approximate surface area is 111 Å². The summed E-state index contributed by atoms with van der Waals surface area (Å²) in [6, 6.07) is 0.287. The van der Waals surface area contributed by atoms with Crippen LogP contribution < -0.4 is 15.2 Å². The molecule has 3 N–H and O–H groups in total. The van der Waals surface area contributed by atoms with Crippen molar-refractivity contribution in [3.05, 3.63) is 11.8 Å². The number of hydrogen-bond donors (Lipinski definition) is 2. The molecule has 0 atom stereocenters. The molecule has 2 heterocycles. The molecule has 3 rings (SSSR count). The van der Waals surface area contributed by atoms with E-state index in [0.29, 0.717) is 11.5 Å². The van der Waals surface area contributed by atoms with Gasteiger partial charge in [0.25, 0.3) is 0 Å². The zero-order valence-electron chi connectivity index (χ0n) is 11.2. The SMILES string of the molecule is COc1nc(OC)c2c(C3(N)CCCC3)c[nH]c2n1. The number of rotatable bonds is 3. The smallest absolute Gasteiger partial charge is 0.321 e. The molecule has 0 spiro atoms. The standard InChI is InChI=1S/C13H18N4O2/c1-18-11-9-8(13(14)5-3-4-6-13)7-15-10(9)16-12(17-11)19-2/h7H,3-6,14H2,1-2H3,(H,15,16,17). The minimum Gasteiger partial charge on any atom is -0.480 e. The van der Waals surface area contributed by atoms with E-state index in [9.17, 15) is 0 Å². The predicted molar refractivity (Wildman–Crippen MR) is 71.3 cm³/mol. The van der Waals surface area contributed by atoms with Crippen molar-refractivity contribution in [3.8, 4) is 11.9 Å². The van der Waals surface area contributed by atoms with Gasteiger partial charge in [0.2, 0.25) is 5.88 Å². The van der Waals surface area contributed by atoms with Crippen LogP contribution in [0.1, 0.15) is 31.2 Å². The van der Waals surface area contributed by atoms with Gasteiger partial charge in [0.15, 0.2) is 0 Å². The number of hydrogen-bond acceptors (Lipinski definition) is 5. The molecule has 0 saturated heterocycles. The highest BCUT2D eigenvalue weighted by Crippen LogP contribution is 2.41. The average molecular weight is 262 g/mol. The van der Waals surface area contributed by atoms with Gasteiger partial charge in [0.1, 0.15) is 5.65 Å². The predicted octanol–water partition coefficient (Wildman–Crippen LogP) is 1.70. The normalized spacial score (nSPS) is 17.8. The number of ether oxygens (including phenoxy) is 2. The summed E-state index contributed by atoms with van der Waals surface area (Å²) in [5.41, 5.74) is 7.97. The minimum absolute atomic E-state index is 0.287. The molecule has 2 aromatic heterocycles. The summed E-state index contributed by atoms with van der Waals surface area (Å²) in [6.45, 7) is 0. The molecule has 1 aliphatic carbocycles. The number of nitrogens with two attached hydrogens (primary N) is 1. The summed E-state index contributed by atoms with van der Waals surface area (Å²) in [5.74, 6) is 0.509. The van der Waals surface area contributed by atoms with E-state index in [0.717, 1.165) is 36.6 Å². The Morgan fingerprint density at radius 1 is 1.21 bits per heavy atom. The third-order valence-corrected chi connectivity index (χ3v) is 3.89. The van der Waals surface area contributed by atoms with Crippen LogP contribution in [0.3, 0.4) is 0 Å². The molecule has 0 amide bonds. The second kappa shape index (κ2) is 4.38. The van der Waals surface area contributed by atoms with E-state index in [1.165, 1.54) is 7.11 Å². The van der Waals surface area contributed by atoms with Crippen LogP contribution in [0.25, 0.3) is 11.0 Å². The Morgan fingerprint density at radius 2 is 1.95 bits per heavy atom. The topological polar surface area (TPSA) is 86.0 Å². The third kappa shape index (κ3) is 1.83. The minimum atomic E-state index is -0.302. The summed E-state index contributed by atoms with van der Waals surface area (Å²) in [4.78, 5) is 11.7. The molecule has 19 heavy (non-hydrogen) atoms. The van der Waals surface area contributed by atoms with Gasteiger partial charge in [-0.3, -0.25) is 0 Å². The van der Waals surface area contributed by atoms with Crippen LogP contribution in [0.5, 0.6) is 11.9 Å². The van der Waals surface area contributed by atoms with Crippen molar-refractivity contribution in [1.29, 1.82) is 0 Å². The van der Waals surface area contributed by atoms with Gasteiger partial charge < -0.3 is 20.2 Å². The van der Waals surface area contributed by atoms with Crippen molar-refractivity contribution < 1.29 is 9.47 Å². The molecule has 6 heteroatoms. The molecule has 0 aromatic carbocycles. The fourth-order valence-electron chi connectivity index (χ4n) is 2.89. The zero-order chi connectivity index (χ0) is 13.5. The first kappa shape index (κ1) is 12.2. The molecular formula is C13H18N4O2. The Hall–Kier alpha value is -1.82. The summed E-state index contributed by atoms with van der Waals surface area (Å²) in [7, 11) is 3.13. The van der Waals surface area contributed by atoms with E-state index in [-0.39, 0.29) is 11.5 Å². The number of methoxy groups -OCH3 is 2. The van der Waals surface area contributed by atoms with Crippen LogP contribution in [0, 0.1) is 0 Å². The Balaban J connectivity index is 2.21. The van der Waals surface area contributed by atoms with Gasteiger partial charge in [-0.1, -0.05) is 12.8 Å². The second-order valence-electron chi connectivity index (χ2n) is 5.01. The molecule has 0 radical (unpaired) electrons. The highest BCUT2D eigenvalue weighted by Gasteiger charge is 2.35. The lowest BCUT2D eigenvalue weighted by atomic mass is 9.90. The summed E-state index contributed by atoms with van der Waals surface area (Å²) < 4.78 is 10.4. The maximum absolute atomic E-state index is 6.52. The van der Waals surface area contributed by atoms with Crippen LogP contribution in [-0.2, 0) is 5.54 Å². The highest BCUT2D eigenvalue weighted by molar-refractivity contribution is 5.86. The van der Waals surface area contributed by atoms with Crippen LogP contribution in [0.2, 0.25) is 0 Å². The van der Waals surface area contributed by atoms with Crippen molar-refractivity contribution in [1.82, 2.24) is 15.0 Å². The molecule has 0 bridgehead atoms. The Morgan fingerprint density at radius 3 is 2.58 bits per heavy atom. The first-order chi connectivity index (χ1) is 9.18. The van der Waals surface area contributed by atoms with Crippen molar-refractivity contribution in [3.63, 3.8) is 0 Å². The summed E-state index contributed by atoms with van der Waals surface area (Å²) in [5, 5.41) is 0.868. The quantitative estimate of drug-likeness (QED) is 0.879. The fraction of sp³-hybridized carbons (Fsp3) is 0.538. The van der Waals surface area contributed by atoms with Crippen molar-refractivity contribution >= 4 is 11.0 Å². The van der Waals surface area contributed by atoms with Crippen molar-refractivity contribution in [2.45, 2.75) is 31.2 Å². The van der Waals surface area contributed by atoms with Crippen molar-refractivity contribution in [2.24, 2.45) is 5.73 Å². The highest BCUT2D eigenvalue weighted by atomic mass is 16.5. The first-order valence-electron chi connectivity index (χ1n) is 6.44. The molecule has 1 aliphatic rings. The maximum atomic E-state index is 6.52. The molecular weight excluding hydrogens is 244 g/mol. The van der Waals surface area contributed by atoms with Crippen LogP contribution in [0.15, 0.2) is 6.20 Å². The van der Waals surface area contributed by atoms with E-state index >= 15 is 0 Å². The summed E-state index contributed by atoms with van der Waals surface area (Å²) in [6.07, 6.45) is 6.20. The molecule has 0 unspecified atom stereocenters. The first-order valence-corrected chi connectivity index (χ1v) is 6.44. The second-order valence-corrected chi connectivity index (χ2v) is 5.01. The number of aromatic nitrogens is 3. The lowest BCUT2D eigenvalue weighted by Crippen LogP contribution is -2.32. The monoisotopic (exact) mass is 262 g/mol. The summed E-state index contributed by atoms with van der Waals surface area (Å²) >= 11 is 0. The van der Waals surface area contributed by atoms with Gasteiger partial charge in [-0.25, -0.2) is 0 Å². The van der Waals surface area contributed by atoms with Gasteiger partial charge in [-0.2, -0.15) is 9.97 Å². The van der Waals surface area contributed by atoms with E-state index in [4.69, 9.17) is 15.2 Å². The molecule has 6 nitrogen and oxygen atoms in total. The molecule has 1 fully saturated rings. The third-order valence-electron chi connectivity index (χ3n) is 3.89. The van der Waals surface area contributed by atoms with Gasteiger partial charge in [0, 0.05) is 17.3 Å². The van der Waals surface area contributed by atoms with E-state index < -0.39 is 0 Å². The average Bonchev–Trinajstić information content (AvgIpc) is 3.04. The van der Waals surface area contributed by atoms with Gasteiger partial charge in [-0.15, -0.1) is 0 Å². The number of H-pyrrole nitrogens is 1. The number of nitrogens with one attached hydrogen (secondary N) is 1. The molecule has 102 valence electrons. The van der Waals surface area contributed by atoms with Gasteiger partial charge >= 0.3 is 6.01 Å². The van der Waals surface area contributed by atoms with Crippen LogP contribution in [0.4, 0.5) is 0 Å². The Kier molecular flexibility index (Phi) is 2.82. The molecule has 0 aliphatic heterocycles. The lowest BCUT2D eigenvalue weighted by molar-refractivity contribution is 0.356. The van der Waals surface area contributed by atoms with Crippen LogP contribution in [-0.4, -0.2) is 29.2 Å². The van der Waals surface area contributed by atoms with E-state index in [1.54, 1.807) is 7.11 Å². The zero-order valence-corrected chi connectivity index (χ0v) is 11.2. The van der Waals surface area contributed by atoms with E-state index in [1.807, 2.05) is 6.20 Å². The van der Waals surface area contributed by atoms with E-state index in [2.05, 4.69) is 15.0 Å². The van der Waals surface area contributed by atoms with Gasteiger partial charge in [-0.05, 0) is 12.8 Å². The number of aromatic amines is 1. The number of fused-ring (bicyclic) bond motifs is 1. The molecule has 2 aromatic rings. The van der Waals surface area contributed by atoms with Gasteiger partial charge in [0.05, 0.1) is 19.6 Å². The Bertz CT molecular complexity index is 602. The number of nitrogens with zero attached hydrogens (tertiary/aromatic N) is 2.